The average Bonchev–Trinajstić information content (AvgIpc) is 2.96. The number of nitrogens with two attached hydrogens (primary N) is 1. The van der Waals surface area contributed by atoms with E-state index < -0.39 is 6.10 Å². The second-order valence-corrected chi connectivity index (χ2v) is 5.94. The minimum Gasteiger partial charge on any atom is -0.491 e. The zero-order valence-electron chi connectivity index (χ0n) is 12.3. The highest BCUT2D eigenvalue weighted by atomic mass is 16.5. The number of nitrogen functional groups attached to an aromatic ring is 1. The first kappa shape index (κ1) is 14.6. The number of morpholine rings is 1. The smallest absolute Gasteiger partial charge is 0.119 e. The fourth-order valence-corrected chi connectivity index (χ4v) is 3.31. The molecule has 1 aromatic carbocycles. The van der Waals surface area contributed by atoms with Gasteiger partial charge >= 0.3 is 0 Å². The summed E-state index contributed by atoms with van der Waals surface area (Å²) in [5.74, 6) is 0.740. The molecule has 1 saturated heterocycles. The van der Waals surface area contributed by atoms with Crippen molar-refractivity contribution in [3.05, 3.63) is 24.3 Å². The molecule has 0 bridgehead atoms. The van der Waals surface area contributed by atoms with Crippen LogP contribution >= 0.6 is 0 Å². The number of ether oxygens (including phenoxy) is 2. The van der Waals surface area contributed by atoms with Crippen molar-refractivity contribution in [3.8, 4) is 5.75 Å². The lowest BCUT2D eigenvalue weighted by Gasteiger charge is -2.38. The van der Waals surface area contributed by atoms with Crippen molar-refractivity contribution >= 4 is 5.69 Å². The van der Waals surface area contributed by atoms with Gasteiger partial charge < -0.3 is 20.3 Å². The van der Waals surface area contributed by atoms with Crippen molar-refractivity contribution in [1.29, 1.82) is 0 Å². The van der Waals surface area contributed by atoms with E-state index in [1.807, 2.05) is 12.1 Å². The molecule has 0 spiro atoms. The second-order valence-electron chi connectivity index (χ2n) is 5.94. The van der Waals surface area contributed by atoms with Gasteiger partial charge in [-0.25, -0.2) is 0 Å². The first-order valence-corrected chi connectivity index (χ1v) is 7.74. The van der Waals surface area contributed by atoms with Crippen molar-refractivity contribution in [3.63, 3.8) is 0 Å². The Morgan fingerprint density at radius 2 is 2.14 bits per heavy atom. The van der Waals surface area contributed by atoms with Crippen LogP contribution in [0.4, 0.5) is 5.69 Å². The summed E-state index contributed by atoms with van der Waals surface area (Å²) in [5, 5.41) is 10.2. The van der Waals surface area contributed by atoms with Gasteiger partial charge in [-0.05, 0) is 43.5 Å². The fourth-order valence-electron chi connectivity index (χ4n) is 3.31. The molecule has 1 heterocycles. The van der Waals surface area contributed by atoms with E-state index in [-0.39, 0.29) is 0 Å². The largest absolute Gasteiger partial charge is 0.491 e. The van der Waals surface area contributed by atoms with Crippen LogP contribution in [0.5, 0.6) is 5.75 Å². The maximum Gasteiger partial charge on any atom is 0.119 e. The van der Waals surface area contributed by atoms with E-state index in [1.54, 1.807) is 12.1 Å². The third-order valence-electron chi connectivity index (χ3n) is 4.36. The molecule has 3 atom stereocenters. The summed E-state index contributed by atoms with van der Waals surface area (Å²) in [6.07, 6.45) is 3.44. The first-order chi connectivity index (χ1) is 10.2. The van der Waals surface area contributed by atoms with E-state index in [0.29, 0.717) is 31.0 Å². The molecule has 2 aliphatic rings. The van der Waals surface area contributed by atoms with Gasteiger partial charge in [-0.2, -0.15) is 0 Å². The number of nitrogens with zero attached hydrogens (tertiary/aromatic N) is 1. The highest BCUT2D eigenvalue weighted by molar-refractivity contribution is 5.41. The van der Waals surface area contributed by atoms with Gasteiger partial charge in [-0.15, -0.1) is 0 Å². The molecule has 21 heavy (non-hydrogen) atoms. The molecule has 3 N–H and O–H groups in total. The van der Waals surface area contributed by atoms with Gasteiger partial charge in [0.25, 0.3) is 0 Å². The molecule has 1 saturated carbocycles. The van der Waals surface area contributed by atoms with Crippen LogP contribution in [0.3, 0.4) is 0 Å². The van der Waals surface area contributed by atoms with E-state index >= 15 is 0 Å². The normalized spacial score (nSPS) is 27.3. The number of benzene rings is 1. The number of hydrogen-bond donors (Lipinski definition) is 2. The molecule has 1 aliphatic heterocycles. The van der Waals surface area contributed by atoms with Crippen LogP contribution in [0.15, 0.2) is 24.3 Å². The number of β-amino-alcohol motifs (C(OH)–C–C–N with tert-alkyl or cyclic N) is 1. The molecule has 3 unspecified atom stereocenters. The molecule has 2 fully saturated rings. The minimum absolute atomic E-state index is 0.304. The fraction of sp³-hybridized carbons (Fsp3) is 0.625. The molecule has 1 aromatic rings. The summed E-state index contributed by atoms with van der Waals surface area (Å²) in [7, 11) is 0. The summed E-state index contributed by atoms with van der Waals surface area (Å²) in [6, 6.07) is 7.72. The van der Waals surface area contributed by atoms with Gasteiger partial charge in [0.15, 0.2) is 0 Å². The van der Waals surface area contributed by atoms with Gasteiger partial charge in [0.1, 0.15) is 18.5 Å². The topological polar surface area (TPSA) is 68.0 Å². The molecule has 0 amide bonds. The number of rotatable bonds is 5. The molecule has 5 heteroatoms. The Kier molecular flexibility index (Phi) is 4.63. The van der Waals surface area contributed by atoms with Crippen LogP contribution in [0.25, 0.3) is 0 Å². The summed E-state index contributed by atoms with van der Waals surface area (Å²) in [4.78, 5) is 2.36. The summed E-state index contributed by atoms with van der Waals surface area (Å²) in [5.41, 5.74) is 6.34. The number of fused-ring (bicyclic) bond motifs is 1. The van der Waals surface area contributed by atoms with Gasteiger partial charge in [0.2, 0.25) is 0 Å². The Morgan fingerprint density at radius 1 is 1.33 bits per heavy atom. The standard InChI is InChI=1S/C16H24N2O3/c17-12-4-6-14(7-5-12)21-11-13(19)10-18-8-9-20-16-3-1-2-15(16)18/h4-7,13,15-16,19H,1-3,8-11,17H2. The summed E-state index contributed by atoms with van der Waals surface area (Å²) in [6.45, 7) is 2.63. The monoisotopic (exact) mass is 292 g/mol. The van der Waals surface area contributed by atoms with Crippen molar-refractivity contribution < 1.29 is 14.6 Å². The summed E-state index contributed by atoms with van der Waals surface area (Å²) < 4.78 is 11.4. The lowest BCUT2D eigenvalue weighted by Crippen LogP contribution is -2.51. The quantitative estimate of drug-likeness (QED) is 0.800. The first-order valence-electron chi connectivity index (χ1n) is 7.74. The molecule has 3 rings (SSSR count). The molecular formula is C16H24N2O3. The van der Waals surface area contributed by atoms with Gasteiger partial charge in [0, 0.05) is 24.8 Å². The number of aliphatic hydroxyl groups is 1. The van der Waals surface area contributed by atoms with E-state index in [9.17, 15) is 5.11 Å². The molecular weight excluding hydrogens is 268 g/mol. The van der Waals surface area contributed by atoms with E-state index in [0.717, 1.165) is 25.3 Å². The molecule has 0 aromatic heterocycles. The zero-order valence-corrected chi connectivity index (χ0v) is 12.3. The lowest BCUT2D eigenvalue weighted by molar-refractivity contribution is -0.0703. The SMILES string of the molecule is Nc1ccc(OCC(O)CN2CCOC3CCCC32)cc1. The second kappa shape index (κ2) is 6.64. The molecule has 0 radical (unpaired) electrons. The highest BCUT2D eigenvalue weighted by Crippen LogP contribution is 2.29. The highest BCUT2D eigenvalue weighted by Gasteiger charge is 2.36. The molecule has 1 aliphatic carbocycles. The maximum atomic E-state index is 10.2. The number of anilines is 1. The average molecular weight is 292 g/mol. The van der Waals surface area contributed by atoms with Crippen molar-refractivity contribution in [2.45, 2.75) is 37.5 Å². The number of aliphatic hydroxyl groups excluding tert-OH is 1. The van der Waals surface area contributed by atoms with Crippen LogP contribution in [-0.4, -0.2) is 54.6 Å². The Labute approximate surface area is 125 Å². The maximum absolute atomic E-state index is 10.2. The third-order valence-corrected chi connectivity index (χ3v) is 4.36. The minimum atomic E-state index is -0.484. The molecule has 116 valence electrons. The third kappa shape index (κ3) is 3.67. The van der Waals surface area contributed by atoms with Crippen LogP contribution in [-0.2, 0) is 4.74 Å². The summed E-state index contributed by atoms with van der Waals surface area (Å²) >= 11 is 0. The zero-order chi connectivity index (χ0) is 14.7. The lowest BCUT2D eigenvalue weighted by atomic mass is 10.1. The predicted molar refractivity (Wildman–Crippen MR) is 81.3 cm³/mol. The van der Waals surface area contributed by atoms with Crippen molar-refractivity contribution in [2.24, 2.45) is 0 Å². The van der Waals surface area contributed by atoms with E-state index in [2.05, 4.69) is 4.90 Å². The van der Waals surface area contributed by atoms with Crippen LogP contribution in [0.1, 0.15) is 19.3 Å². The van der Waals surface area contributed by atoms with Crippen molar-refractivity contribution in [1.82, 2.24) is 4.90 Å². The van der Waals surface area contributed by atoms with Gasteiger partial charge in [-0.1, -0.05) is 0 Å². The Morgan fingerprint density at radius 3 is 2.95 bits per heavy atom. The van der Waals surface area contributed by atoms with Crippen LogP contribution in [0.2, 0.25) is 0 Å². The molecule has 5 nitrogen and oxygen atoms in total. The van der Waals surface area contributed by atoms with E-state index in [1.165, 1.54) is 12.8 Å². The van der Waals surface area contributed by atoms with Gasteiger partial charge in [0.05, 0.1) is 12.7 Å². The van der Waals surface area contributed by atoms with Crippen LogP contribution < -0.4 is 10.5 Å². The number of hydrogen-bond acceptors (Lipinski definition) is 5. The Bertz CT molecular complexity index is 451. The Balaban J connectivity index is 1.47. The van der Waals surface area contributed by atoms with Crippen molar-refractivity contribution in [2.75, 3.05) is 32.0 Å². The van der Waals surface area contributed by atoms with E-state index in [4.69, 9.17) is 15.2 Å². The predicted octanol–water partition coefficient (Wildman–Crippen LogP) is 1.26. The van der Waals surface area contributed by atoms with Crippen LogP contribution in [0, 0.1) is 0 Å². The van der Waals surface area contributed by atoms with Gasteiger partial charge in [-0.3, -0.25) is 4.90 Å². The Hall–Kier alpha value is -1.30.